The van der Waals surface area contributed by atoms with Gasteiger partial charge in [-0.15, -0.1) is 10.2 Å². The van der Waals surface area contributed by atoms with Crippen LogP contribution in [0.3, 0.4) is 0 Å². The van der Waals surface area contributed by atoms with E-state index in [1.54, 1.807) is 19.9 Å². The van der Waals surface area contributed by atoms with Gasteiger partial charge in [0.1, 0.15) is 12.1 Å². The molecule has 0 bridgehead atoms. The lowest BCUT2D eigenvalue weighted by Gasteiger charge is -2.22. The summed E-state index contributed by atoms with van der Waals surface area (Å²) in [5.74, 6) is -1.41. The maximum atomic E-state index is 13.2. The molecule has 176 valence electrons. The van der Waals surface area contributed by atoms with Gasteiger partial charge >= 0.3 is 12.0 Å². The SMILES string of the molecule is CCOC(=O)CSc1nnc(NC(=O)CN2C(=O)NC(C)(c3ccc4ccccc4c3)C2=O)s1. The number of carbonyl (C=O) groups is 4. The lowest BCUT2D eigenvalue weighted by atomic mass is 9.90. The van der Waals surface area contributed by atoms with Crippen molar-refractivity contribution in [3.05, 3.63) is 48.0 Å². The average molecular weight is 500 g/mol. The monoisotopic (exact) mass is 499 g/mol. The molecular formula is C22H21N5O5S2. The van der Waals surface area contributed by atoms with E-state index >= 15 is 0 Å². The molecule has 1 aliphatic heterocycles. The van der Waals surface area contributed by atoms with Gasteiger partial charge in [0, 0.05) is 0 Å². The normalized spacial score (nSPS) is 17.6. The van der Waals surface area contributed by atoms with Crippen LogP contribution in [0, 0.1) is 0 Å². The number of ether oxygens (including phenoxy) is 1. The highest BCUT2D eigenvalue weighted by molar-refractivity contribution is 8.01. The predicted molar refractivity (Wildman–Crippen MR) is 127 cm³/mol. The van der Waals surface area contributed by atoms with Crippen molar-refractivity contribution in [2.75, 3.05) is 24.2 Å². The number of thioether (sulfide) groups is 1. The molecular weight excluding hydrogens is 478 g/mol. The first kappa shape index (κ1) is 23.6. The molecule has 0 saturated carbocycles. The molecule has 10 nitrogen and oxygen atoms in total. The van der Waals surface area contributed by atoms with Gasteiger partial charge < -0.3 is 10.1 Å². The smallest absolute Gasteiger partial charge is 0.325 e. The van der Waals surface area contributed by atoms with E-state index in [0.717, 1.165) is 38.8 Å². The fourth-order valence-corrected chi connectivity index (χ4v) is 5.05. The summed E-state index contributed by atoms with van der Waals surface area (Å²) in [5.41, 5.74) is -0.666. The van der Waals surface area contributed by atoms with Crippen LogP contribution in [0.25, 0.3) is 10.8 Å². The Morgan fingerprint density at radius 1 is 1.18 bits per heavy atom. The Labute approximate surface area is 203 Å². The second-order valence-electron chi connectivity index (χ2n) is 7.52. The Kier molecular flexibility index (Phi) is 6.80. The molecule has 1 atom stereocenters. The van der Waals surface area contributed by atoms with Crippen molar-refractivity contribution < 1.29 is 23.9 Å². The standard InChI is InChI=1S/C22H21N5O5S2/c1-3-32-17(29)12-33-21-26-25-19(34-21)23-16(28)11-27-18(30)22(2,24-20(27)31)15-9-8-13-6-4-5-7-14(13)10-15/h4-10H,3,11-12H2,1-2H3,(H,24,31)(H,23,25,28). The predicted octanol–water partition coefficient (Wildman–Crippen LogP) is 2.75. The number of fused-ring (bicyclic) bond motifs is 1. The van der Waals surface area contributed by atoms with Crippen molar-refractivity contribution >= 4 is 62.8 Å². The largest absolute Gasteiger partial charge is 0.465 e. The van der Waals surface area contributed by atoms with Crippen LogP contribution in [0.5, 0.6) is 0 Å². The Balaban J connectivity index is 1.40. The molecule has 3 aromatic rings. The van der Waals surface area contributed by atoms with Crippen LogP contribution in [0.4, 0.5) is 9.93 Å². The molecule has 4 amide bonds. The Morgan fingerprint density at radius 3 is 2.71 bits per heavy atom. The molecule has 2 aromatic carbocycles. The number of nitrogens with zero attached hydrogens (tertiary/aromatic N) is 3. The van der Waals surface area contributed by atoms with Gasteiger partial charge in [0.05, 0.1) is 12.4 Å². The van der Waals surface area contributed by atoms with E-state index in [1.807, 2.05) is 36.4 Å². The number of anilines is 1. The lowest BCUT2D eigenvalue weighted by Crippen LogP contribution is -2.42. The summed E-state index contributed by atoms with van der Waals surface area (Å²) in [6.07, 6.45) is 0. The molecule has 0 aliphatic carbocycles. The second kappa shape index (κ2) is 9.77. The number of rotatable bonds is 8. The van der Waals surface area contributed by atoms with Crippen molar-refractivity contribution in [3.63, 3.8) is 0 Å². The number of urea groups is 1. The molecule has 0 radical (unpaired) electrons. The fraction of sp³-hybridized carbons (Fsp3) is 0.273. The molecule has 2 heterocycles. The minimum atomic E-state index is -1.29. The molecule has 1 saturated heterocycles. The molecule has 1 aliphatic rings. The highest BCUT2D eigenvalue weighted by Gasteiger charge is 2.49. The minimum Gasteiger partial charge on any atom is -0.465 e. The van der Waals surface area contributed by atoms with Gasteiger partial charge in [-0.25, -0.2) is 4.79 Å². The van der Waals surface area contributed by atoms with Crippen LogP contribution >= 0.6 is 23.1 Å². The number of benzene rings is 2. The number of hydrogen-bond acceptors (Lipinski definition) is 9. The topological polar surface area (TPSA) is 131 Å². The number of amides is 4. The summed E-state index contributed by atoms with van der Waals surface area (Å²) in [6.45, 7) is 3.15. The van der Waals surface area contributed by atoms with E-state index in [0.29, 0.717) is 16.5 Å². The van der Waals surface area contributed by atoms with Crippen LogP contribution in [-0.2, 0) is 24.7 Å². The van der Waals surface area contributed by atoms with E-state index in [4.69, 9.17) is 4.74 Å². The van der Waals surface area contributed by atoms with Gasteiger partial charge in [-0.3, -0.25) is 24.6 Å². The van der Waals surface area contributed by atoms with Crippen molar-refractivity contribution in [2.45, 2.75) is 23.7 Å². The molecule has 12 heteroatoms. The molecule has 0 spiro atoms. The number of nitrogens with one attached hydrogen (secondary N) is 2. The van der Waals surface area contributed by atoms with Crippen molar-refractivity contribution in [1.29, 1.82) is 0 Å². The Bertz CT molecular complexity index is 1280. The minimum absolute atomic E-state index is 0.0756. The molecule has 1 aromatic heterocycles. The zero-order valence-electron chi connectivity index (χ0n) is 18.4. The van der Waals surface area contributed by atoms with Crippen molar-refractivity contribution in [2.24, 2.45) is 0 Å². The summed E-state index contributed by atoms with van der Waals surface area (Å²) in [7, 11) is 0. The third-order valence-corrected chi connectivity index (χ3v) is 7.12. The lowest BCUT2D eigenvalue weighted by molar-refractivity contribution is -0.139. The van der Waals surface area contributed by atoms with Gasteiger partial charge in [0.2, 0.25) is 11.0 Å². The van der Waals surface area contributed by atoms with E-state index in [2.05, 4.69) is 20.8 Å². The van der Waals surface area contributed by atoms with Crippen LogP contribution in [0.2, 0.25) is 0 Å². The quantitative estimate of drug-likeness (QED) is 0.209. The molecule has 4 rings (SSSR count). The van der Waals surface area contributed by atoms with Crippen molar-refractivity contribution in [1.82, 2.24) is 20.4 Å². The first-order chi connectivity index (χ1) is 16.3. The maximum absolute atomic E-state index is 13.2. The van der Waals surface area contributed by atoms with E-state index in [9.17, 15) is 19.2 Å². The fourth-order valence-electron chi connectivity index (χ4n) is 3.48. The first-order valence-electron chi connectivity index (χ1n) is 10.4. The van der Waals surface area contributed by atoms with Gasteiger partial charge in [-0.05, 0) is 36.2 Å². The third kappa shape index (κ3) is 4.87. The zero-order chi connectivity index (χ0) is 24.3. The molecule has 1 unspecified atom stereocenters. The van der Waals surface area contributed by atoms with E-state index < -0.39 is 29.9 Å². The summed E-state index contributed by atoms with van der Waals surface area (Å²) in [4.78, 5) is 50.6. The van der Waals surface area contributed by atoms with Crippen molar-refractivity contribution in [3.8, 4) is 0 Å². The van der Waals surface area contributed by atoms with Crippen LogP contribution in [0.1, 0.15) is 19.4 Å². The van der Waals surface area contributed by atoms with Crippen LogP contribution in [0.15, 0.2) is 46.8 Å². The van der Waals surface area contributed by atoms with Gasteiger partial charge in [0.25, 0.3) is 5.91 Å². The van der Waals surface area contributed by atoms with Gasteiger partial charge in [0.15, 0.2) is 4.34 Å². The highest BCUT2D eigenvalue weighted by Crippen LogP contribution is 2.31. The maximum Gasteiger partial charge on any atom is 0.325 e. The number of carbonyl (C=O) groups excluding carboxylic acids is 4. The molecule has 2 N–H and O–H groups in total. The van der Waals surface area contributed by atoms with Gasteiger partial charge in [-0.1, -0.05) is 59.5 Å². The van der Waals surface area contributed by atoms with E-state index in [1.165, 1.54) is 0 Å². The van der Waals surface area contributed by atoms with Crippen LogP contribution < -0.4 is 10.6 Å². The number of aromatic nitrogens is 2. The van der Waals surface area contributed by atoms with E-state index in [-0.39, 0.29) is 16.9 Å². The zero-order valence-corrected chi connectivity index (χ0v) is 20.0. The Hall–Kier alpha value is -3.51. The molecule has 34 heavy (non-hydrogen) atoms. The third-order valence-electron chi connectivity index (χ3n) is 5.18. The summed E-state index contributed by atoms with van der Waals surface area (Å²) in [6, 6.07) is 12.6. The summed E-state index contributed by atoms with van der Waals surface area (Å²) < 4.78 is 5.33. The second-order valence-corrected chi connectivity index (χ2v) is 9.72. The van der Waals surface area contributed by atoms with Gasteiger partial charge in [-0.2, -0.15) is 0 Å². The summed E-state index contributed by atoms with van der Waals surface area (Å²) in [5, 5.41) is 15.1. The number of imide groups is 1. The number of esters is 1. The highest BCUT2D eigenvalue weighted by atomic mass is 32.2. The van der Waals surface area contributed by atoms with Crippen LogP contribution in [-0.4, -0.2) is 57.8 Å². The summed E-state index contributed by atoms with van der Waals surface area (Å²) >= 11 is 2.21. The first-order valence-corrected chi connectivity index (χ1v) is 12.2. The number of hydrogen-bond donors (Lipinski definition) is 2. The Morgan fingerprint density at radius 2 is 1.94 bits per heavy atom. The average Bonchev–Trinajstić information content (AvgIpc) is 3.35. The molecule has 1 fully saturated rings.